The lowest BCUT2D eigenvalue weighted by atomic mass is 10.1. The lowest BCUT2D eigenvalue weighted by Crippen LogP contribution is -2.16. The van der Waals surface area contributed by atoms with E-state index in [4.69, 9.17) is 9.47 Å². The van der Waals surface area contributed by atoms with Crippen molar-refractivity contribution >= 4 is 17.5 Å². The first kappa shape index (κ1) is 20.1. The van der Waals surface area contributed by atoms with Gasteiger partial charge in [-0.15, -0.1) is 0 Å². The minimum absolute atomic E-state index is 0.266. The van der Waals surface area contributed by atoms with Crippen LogP contribution in [-0.2, 0) is 6.54 Å². The number of nitrogens with zero attached hydrogens (tertiary/aromatic N) is 2. The van der Waals surface area contributed by atoms with E-state index in [0.29, 0.717) is 35.4 Å². The smallest absolute Gasteiger partial charge is 0.274 e. The highest BCUT2D eigenvalue weighted by Crippen LogP contribution is 2.29. The second-order valence-corrected chi connectivity index (χ2v) is 6.58. The summed E-state index contributed by atoms with van der Waals surface area (Å²) in [6.45, 7) is 4.43. The highest BCUT2D eigenvalue weighted by Gasteiger charge is 2.14. The summed E-state index contributed by atoms with van der Waals surface area (Å²) in [5.74, 6) is 1.19. The molecule has 0 aliphatic rings. The molecule has 0 spiro atoms. The summed E-state index contributed by atoms with van der Waals surface area (Å²) in [5, 5.41) is 6.00. The zero-order valence-corrected chi connectivity index (χ0v) is 16.9. The van der Waals surface area contributed by atoms with E-state index in [0.717, 1.165) is 5.56 Å². The van der Waals surface area contributed by atoms with Gasteiger partial charge in [-0.2, -0.15) is 0 Å². The molecule has 7 heteroatoms. The molecule has 0 radical (unpaired) electrons. The summed E-state index contributed by atoms with van der Waals surface area (Å²) in [6, 6.07) is 15.0. The third-order valence-corrected chi connectivity index (χ3v) is 4.31. The second kappa shape index (κ2) is 9.05. The first-order chi connectivity index (χ1) is 14.0. The summed E-state index contributed by atoms with van der Waals surface area (Å²) < 4.78 is 10.5. The van der Waals surface area contributed by atoms with Crippen molar-refractivity contribution in [2.45, 2.75) is 20.4 Å². The van der Waals surface area contributed by atoms with E-state index in [9.17, 15) is 4.79 Å². The standard InChI is InChI=1S/C22H24N4O3/c1-14-5-7-16(8-6-14)13-23-22-24-15(2)11-19(26-22)21(27)25-18-10-9-17(28-3)12-20(18)29-4/h5-12H,13H2,1-4H3,(H,25,27)(H,23,24,26). The van der Waals surface area contributed by atoms with Crippen LogP contribution in [0, 0.1) is 13.8 Å². The molecule has 150 valence electrons. The minimum Gasteiger partial charge on any atom is -0.497 e. The third-order valence-electron chi connectivity index (χ3n) is 4.31. The lowest BCUT2D eigenvalue weighted by molar-refractivity contribution is 0.102. The van der Waals surface area contributed by atoms with Crippen molar-refractivity contribution in [1.82, 2.24) is 9.97 Å². The van der Waals surface area contributed by atoms with Crippen LogP contribution in [0.5, 0.6) is 11.5 Å². The monoisotopic (exact) mass is 392 g/mol. The quantitative estimate of drug-likeness (QED) is 0.633. The Bertz CT molecular complexity index is 1000. The van der Waals surface area contributed by atoms with Gasteiger partial charge in [-0.1, -0.05) is 29.8 Å². The predicted octanol–water partition coefficient (Wildman–Crippen LogP) is 3.98. The van der Waals surface area contributed by atoms with E-state index in [1.54, 1.807) is 31.4 Å². The van der Waals surface area contributed by atoms with Crippen molar-refractivity contribution in [1.29, 1.82) is 0 Å². The number of aryl methyl sites for hydroxylation is 2. The van der Waals surface area contributed by atoms with Crippen molar-refractivity contribution in [3.63, 3.8) is 0 Å². The van der Waals surface area contributed by atoms with Crippen LogP contribution in [0.25, 0.3) is 0 Å². The number of ether oxygens (including phenoxy) is 2. The molecular formula is C22H24N4O3. The molecule has 0 atom stereocenters. The molecule has 2 aromatic carbocycles. The molecule has 3 rings (SSSR count). The Morgan fingerprint density at radius 3 is 2.41 bits per heavy atom. The Labute approximate surface area is 170 Å². The van der Waals surface area contributed by atoms with Crippen molar-refractivity contribution in [3.05, 3.63) is 71.0 Å². The van der Waals surface area contributed by atoms with Gasteiger partial charge in [-0.25, -0.2) is 9.97 Å². The molecule has 1 aromatic heterocycles. The van der Waals surface area contributed by atoms with Crippen molar-refractivity contribution in [2.75, 3.05) is 24.9 Å². The largest absolute Gasteiger partial charge is 0.497 e. The van der Waals surface area contributed by atoms with E-state index >= 15 is 0 Å². The summed E-state index contributed by atoms with van der Waals surface area (Å²) >= 11 is 0. The molecular weight excluding hydrogens is 368 g/mol. The molecule has 0 saturated carbocycles. The SMILES string of the molecule is COc1ccc(NC(=O)c2cc(C)nc(NCc3ccc(C)cc3)n2)c(OC)c1. The second-order valence-electron chi connectivity index (χ2n) is 6.58. The first-order valence-corrected chi connectivity index (χ1v) is 9.17. The molecule has 29 heavy (non-hydrogen) atoms. The molecule has 0 bridgehead atoms. The molecule has 0 saturated heterocycles. The fourth-order valence-electron chi connectivity index (χ4n) is 2.74. The normalized spacial score (nSPS) is 10.3. The van der Waals surface area contributed by atoms with E-state index < -0.39 is 0 Å². The Hall–Kier alpha value is -3.61. The molecule has 3 aromatic rings. The van der Waals surface area contributed by atoms with Crippen LogP contribution in [0.4, 0.5) is 11.6 Å². The van der Waals surface area contributed by atoms with Crippen LogP contribution in [0.15, 0.2) is 48.5 Å². The minimum atomic E-state index is -0.350. The van der Waals surface area contributed by atoms with Crippen molar-refractivity contribution in [2.24, 2.45) is 0 Å². The van der Waals surface area contributed by atoms with Gasteiger partial charge in [0, 0.05) is 18.3 Å². The van der Waals surface area contributed by atoms with Gasteiger partial charge in [0.2, 0.25) is 5.95 Å². The number of carbonyl (C=O) groups is 1. The number of anilines is 2. The van der Waals surface area contributed by atoms with E-state index in [1.807, 2.05) is 26.0 Å². The van der Waals surface area contributed by atoms with Gasteiger partial charge in [0.1, 0.15) is 17.2 Å². The Kier molecular flexibility index (Phi) is 6.29. The van der Waals surface area contributed by atoms with Crippen LogP contribution in [0.3, 0.4) is 0 Å². The molecule has 0 unspecified atom stereocenters. The van der Waals surface area contributed by atoms with Gasteiger partial charge in [-0.3, -0.25) is 4.79 Å². The highest BCUT2D eigenvalue weighted by molar-refractivity contribution is 6.04. The number of benzene rings is 2. The molecule has 1 amide bonds. The number of hydrogen-bond acceptors (Lipinski definition) is 6. The van der Waals surface area contributed by atoms with Gasteiger partial charge in [0.25, 0.3) is 5.91 Å². The van der Waals surface area contributed by atoms with Gasteiger partial charge >= 0.3 is 0 Å². The maximum atomic E-state index is 12.7. The Morgan fingerprint density at radius 1 is 0.966 bits per heavy atom. The van der Waals surface area contributed by atoms with Crippen LogP contribution in [0.2, 0.25) is 0 Å². The van der Waals surface area contributed by atoms with E-state index in [-0.39, 0.29) is 11.6 Å². The zero-order valence-electron chi connectivity index (χ0n) is 16.9. The van der Waals surface area contributed by atoms with Crippen molar-refractivity contribution < 1.29 is 14.3 Å². The maximum Gasteiger partial charge on any atom is 0.274 e. The average molecular weight is 392 g/mol. The summed E-state index contributed by atoms with van der Waals surface area (Å²) in [7, 11) is 3.11. The number of amides is 1. The molecule has 2 N–H and O–H groups in total. The molecule has 7 nitrogen and oxygen atoms in total. The summed E-state index contributed by atoms with van der Waals surface area (Å²) in [5.41, 5.74) is 3.80. The predicted molar refractivity (Wildman–Crippen MR) is 113 cm³/mol. The number of methoxy groups -OCH3 is 2. The number of aromatic nitrogens is 2. The van der Waals surface area contributed by atoms with Gasteiger partial charge < -0.3 is 20.1 Å². The summed E-state index contributed by atoms with van der Waals surface area (Å²) in [4.78, 5) is 21.5. The van der Waals surface area contributed by atoms with E-state index in [2.05, 4.69) is 32.7 Å². The van der Waals surface area contributed by atoms with Gasteiger partial charge in [-0.05, 0) is 37.6 Å². The van der Waals surface area contributed by atoms with Crippen molar-refractivity contribution in [3.8, 4) is 11.5 Å². The van der Waals surface area contributed by atoms with Crippen LogP contribution in [0.1, 0.15) is 27.3 Å². The van der Waals surface area contributed by atoms with Gasteiger partial charge in [0.05, 0.1) is 19.9 Å². The number of rotatable bonds is 7. The topological polar surface area (TPSA) is 85.4 Å². The Balaban J connectivity index is 1.74. The zero-order chi connectivity index (χ0) is 20.8. The highest BCUT2D eigenvalue weighted by atomic mass is 16.5. The van der Waals surface area contributed by atoms with E-state index in [1.165, 1.54) is 12.7 Å². The fraction of sp³-hybridized carbons (Fsp3) is 0.227. The van der Waals surface area contributed by atoms with Crippen LogP contribution < -0.4 is 20.1 Å². The third kappa shape index (κ3) is 5.22. The number of hydrogen-bond donors (Lipinski definition) is 2. The van der Waals surface area contributed by atoms with Crippen LogP contribution >= 0.6 is 0 Å². The molecule has 1 heterocycles. The number of nitrogens with one attached hydrogen (secondary N) is 2. The lowest BCUT2D eigenvalue weighted by Gasteiger charge is -2.12. The average Bonchev–Trinajstić information content (AvgIpc) is 2.73. The first-order valence-electron chi connectivity index (χ1n) is 9.17. The van der Waals surface area contributed by atoms with Gasteiger partial charge in [0.15, 0.2) is 0 Å². The molecule has 0 aliphatic carbocycles. The maximum absolute atomic E-state index is 12.7. The molecule has 0 fully saturated rings. The molecule has 0 aliphatic heterocycles. The fourth-order valence-corrected chi connectivity index (χ4v) is 2.74. The van der Waals surface area contributed by atoms with Crippen LogP contribution in [-0.4, -0.2) is 30.1 Å². The number of carbonyl (C=O) groups excluding carboxylic acids is 1. The Morgan fingerprint density at radius 2 is 1.72 bits per heavy atom. The summed E-state index contributed by atoms with van der Waals surface area (Å²) in [6.07, 6.45) is 0.